The van der Waals surface area contributed by atoms with E-state index in [1.165, 1.54) is 29.2 Å². The number of hydrogen-bond donors (Lipinski definition) is 1. The molecule has 2 amide bonds. The van der Waals surface area contributed by atoms with E-state index in [0.717, 1.165) is 22.4 Å². The van der Waals surface area contributed by atoms with Crippen LogP contribution < -0.4 is 15.0 Å². The van der Waals surface area contributed by atoms with Crippen LogP contribution in [0.25, 0.3) is 6.08 Å². The quantitative estimate of drug-likeness (QED) is 0.435. The molecule has 0 atom stereocenters. The molecule has 1 heterocycles. The molecule has 0 aromatic heterocycles. The summed E-state index contributed by atoms with van der Waals surface area (Å²) < 4.78 is 19.0. The molecule has 0 bridgehead atoms. The minimum absolute atomic E-state index is 0.0416. The number of carbonyl (C=O) groups is 2. The van der Waals surface area contributed by atoms with Crippen LogP contribution in [-0.2, 0) is 9.59 Å². The number of nitrogens with zero attached hydrogens (tertiary/aromatic N) is 1. The molecule has 2 aromatic rings. The van der Waals surface area contributed by atoms with E-state index in [2.05, 4.69) is 19.2 Å². The van der Waals surface area contributed by atoms with Crippen molar-refractivity contribution in [1.82, 2.24) is 5.32 Å². The Balaban J connectivity index is 2.06. The Morgan fingerprint density at radius 2 is 1.87 bits per heavy atom. The van der Waals surface area contributed by atoms with Gasteiger partial charge in [0.25, 0.3) is 11.8 Å². The van der Waals surface area contributed by atoms with Gasteiger partial charge in [0.1, 0.15) is 17.1 Å². The Labute approximate surface area is 180 Å². The van der Waals surface area contributed by atoms with Gasteiger partial charge in [-0.15, -0.1) is 0 Å². The zero-order valence-corrected chi connectivity index (χ0v) is 18.1. The molecule has 1 saturated heterocycles. The van der Waals surface area contributed by atoms with E-state index >= 15 is 0 Å². The van der Waals surface area contributed by atoms with Crippen LogP contribution in [0, 0.1) is 12.7 Å². The number of halogens is 1. The van der Waals surface area contributed by atoms with Gasteiger partial charge in [0.15, 0.2) is 5.11 Å². The molecule has 5 nitrogen and oxygen atoms in total. The number of hydrogen-bond acceptors (Lipinski definition) is 4. The highest BCUT2D eigenvalue weighted by molar-refractivity contribution is 7.80. The monoisotopic (exact) mass is 426 g/mol. The van der Waals surface area contributed by atoms with Gasteiger partial charge in [-0.3, -0.25) is 19.8 Å². The van der Waals surface area contributed by atoms with Crippen molar-refractivity contribution in [3.63, 3.8) is 0 Å². The molecule has 0 unspecified atom stereocenters. The molecule has 0 saturated carbocycles. The van der Waals surface area contributed by atoms with E-state index in [1.54, 1.807) is 6.08 Å². The van der Waals surface area contributed by atoms with E-state index in [-0.39, 0.29) is 16.6 Å². The predicted molar refractivity (Wildman–Crippen MR) is 119 cm³/mol. The Hall–Kier alpha value is -3.06. The SMILES string of the molecule is CCOc1cc(C)c(/C=C2/C(=O)NC(=S)N(c3ccc(F)cc3)C2=O)cc1C(C)C. The van der Waals surface area contributed by atoms with Gasteiger partial charge >= 0.3 is 0 Å². The fourth-order valence-corrected chi connectivity index (χ4v) is 3.52. The molecule has 2 aromatic carbocycles. The molecule has 7 heteroatoms. The lowest BCUT2D eigenvalue weighted by molar-refractivity contribution is -0.122. The van der Waals surface area contributed by atoms with E-state index in [9.17, 15) is 14.0 Å². The number of rotatable bonds is 5. The topological polar surface area (TPSA) is 58.6 Å². The van der Waals surface area contributed by atoms with Crippen molar-refractivity contribution in [2.24, 2.45) is 0 Å². The highest BCUT2D eigenvalue weighted by Gasteiger charge is 2.34. The molecule has 1 N–H and O–H groups in total. The first kappa shape index (κ1) is 21.6. The molecular formula is C23H23FN2O3S. The Kier molecular flexibility index (Phi) is 6.31. The second-order valence-electron chi connectivity index (χ2n) is 7.27. The Morgan fingerprint density at radius 3 is 2.47 bits per heavy atom. The van der Waals surface area contributed by atoms with Gasteiger partial charge in [-0.1, -0.05) is 13.8 Å². The molecule has 30 heavy (non-hydrogen) atoms. The fraction of sp³-hybridized carbons (Fsp3) is 0.261. The van der Waals surface area contributed by atoms with E-state index in [1.807, 2.05) is 26.0 Å². The summed E-state index contributed by atoms with van der Waals surface area (Å²) >= 11 is 5.18. The summed E-state index contributed by atoms with van der Waals surface area (Å²) in [6.07, 6.45) is 1.56. The number of nitrogens with one attached hydrogen (secondary N) is 1. The smallest absolute Gasteiger partial charge is 0.270 e. The number of benzene rings is 2. The van der Waals surface area contributed by atoms with Crippen LogP contribution in [-0.4, -0.2) is 23.5 Å². The Morgan fingerprint density at radius 1 is 1.20 bits per heavy atom. The number of amides is 2. The van der Waals surface area contributed by atoms with Crippen LogP contribution in [0.2, 0.25) is 0 Å². The van der Waals surface area contributed by atoms with E-state index < -0.39 is 17.6 Å². The Bertz CT molecular complexity index is 1050. The van der Waals surface area contributed by atoms with E-state index in [0.29, 0.717) is 12.3 Å². The average molecular weight is 427 g/mol. The van der Waals surface area contributed by atoms with E-state index in [4.69, 9.17) is 17.0 Å². The second-order valence-corrected chi connectivity index (χ2v) is 7.66. The highest BCUT2D eigenvalue weighted by Crippen LogP contribution is 2.31. The van der Waals surface area contributed by atoms with Gasteiger partial charge in [-0.05, 0) is 91.1 Å². The van der Waals surface area contributed by atoms with Crippen LogP contribution in [0.15, 0.2) is 42.0 Å². The molecule has 156 valence electrons. The molecule has 0 radical (unpaired) electrons. The third kappa shape index (κ3) is 4.26. The molecule has 1 fully saturated rings. The van der Waals surface area contributed by atoms with Crippen molar-refractivity contribution < 1.29 is 18.7 Å². The summed E-state index contributed by atoms with van der Waals surface area (Å²) in [6.45, 7) is 8.47. The summed E-state index contributed by atoms with van der Waals surface area (Å²) in [6, 6.07) is 9.20. The van der Waals surface area contributed by atoms with Gasteiger partial charge in [-0.25, -0.2) is 4.39 Å². The lowest BCUT2D eigenvalue weighted by Crippen LogP contribution is -2.54. The van der Waals surface area contributed by atoms with Gasteiger partial charge in [0.05, 0.1) is 12.3 Å². The lowest BCUT2D eigenvalue weighted by Gasteiger charge is -2.29. The van der Waals surface area contributed by atoms with Crippen molar-refractivity contribution in [1.29, 1.82) is 0 Å². The first-order valence-corrected chi connectivity index (χ1v) is 10.1. The van der Waals surface area contributed by atoms with Crippen LogP contribution in [0.5, 0.6) is 5.75 Å². The number of thiocarbonyl (C=S) groups is 1. The molecule has 1 aliphatic heterocycles. The predicted octanol–water partition coefficient (Wildman–Crippen LogP) is 4.49. The third-order valence-electron chi connectivity index (χ3n) is 4.81. The second kappa shape index (κ2) is 8.75. The fourth-order valence-electron chi connectivity index (χ4n) is 3.24. The highest BCUT2D eigenvalue weighted by atomic mass is 32.1. The average Bonchev–Trinajstić information content (AvgIpc) is 2.67. The number of anilines is 1. The zero-order chi connectivity index (χ0) is 22.0. The van der Waals surface area contributed by atoms with Crippen molar-refractivity contribution >= 4 is 40.9 Å². The normalized spacial score (nSPS) is 15.7. The lowest BCUT2D eigenvalue weighted by atomic mass is 9.95. The minimum atomic E-state index is -0.567. The van der Waals surface area contributed by atoms with Crippen molar-refractivity contribution in [2.45, 2.75) is 33.6 Å². The summed E-state index contributed by atoms with van der Waals surface area (Å²) in [4.78, 5) is 26.9. The maximum absolute atomic E-state index is 13.3. The van der Waals surface area contributed by atoms with Crippen LogP contribution in [0.1, 0.15) is 43.4 Å². The molecule has 0 aliphatic carbocycles. The summed E-state index contributed by atoms with van der Waals surface area (Å²) in [5.41, 5.74) is 2.94. The number of ether oxygens (including phenoxy) is 1. The first-order chi connectivity index (χ1) is 14.2. The molecule has 0 spiro atoms. The van der Waals surface area contributed by atoms with Crippen molar-refractivity contribution in [3.05, 3.63) is 64.5 Å². The minimum Gasteiger partial charge on any atom is -0.494 e. The summed E-state index contributed by atoms with van der Waals surface area (Å²) in [5.74, 6) is -0.568. The van der Waals surface area contributed by atoms with Crippen LogP contribution >= 0.6 is 12.2 Å². The number of carbonyl (C=O) groups excluding carboxylic acids is 2. The third-order valence-corrected chi connectivity index (χ3v) is 5.09. The molecule has 3 rings (SSSR count). The standard InChI is InChI=1S/C23H23FN2O3S/c1-5-29-20-10-14(4)15(11-18(20)13(2)3)12-19-21(27)25-23(30)26(22(19)28)17-8-6-16(24)7-9-17/h6-13H,5H2,1-4H3,(H,25,27,30)/b19-12-. The van der Waals surface area contributed by atoms with Gasteiger partial charge in [0, 0.05) is 0 Å². The summed E-state index contributed by atoms with van der Waals surface area (Å²) in [5, 5.41) is 2.50. The van der Waals surface area contributed by atoms with Crippen molar-refractivity contribution in [3.8, 4) is 5.75 Å². The van der Waals surface area contributed by atoms with Gasteiger partial charge < -0.3 is 4.74 Å². The maximum atomic E-state index is 13.3. The van der Waals surface area contributed by atoms with Gasteiger partial charge in [0.2, 0.25) is 0 Å². The maximum Gasteiger partial charge on any atom is 0.270 e. The van der Waals surface area contributed by atoms with Crippen LogP contribution in [0.3, 0.4) is 0 Å². The summed E-state index contributed by atoms with van der Waals surface area (Å²) in [7, 11) is 0. The van der Waals surface area contributed by atoms with Crippen molar-refractivity contribution in [2.75, 3.05) is 11.5 Å². The van der Waals surface area contributed by atoms with Crippen LogP contribution in [0.4, 0.5) is 10.1 Å². The first-order valence-electron chi connectivity index (χ1n) is 9.67. The molecular weight excluding hydrogens is 403 g/mol. The largest absolute Gasteiger partial charge is 0.494 e. The molecule has 1 aliphatic rings. The number of aryl methyl sites for hydroxylation is 1. The zero-order valence-electron chi connectivity index (χ0n) is 17.3. The van der Waals surface area contributed by atoms with Gasteiger partial charge in [-0.2, -0.15) is 0 Å².